The largest absolute Gasteiger partial charge is 0.369 e. The number of hydrogen-bond donors (Lipinski definition) is 1. The molecule has 2 saturated heterocycles. The Balaban J connectivity index is 1.78. The van der Waals surface area contributed by atoms with E-state index >= 15 is 0 Å². The molecule has 0 amide bonds. The summed E-state index contributed by atoms with van der Waals surface area (Å²) in [6.45, 7) is 3.29. The Morgan fingerprint density at radius 1 is 1.35 bits per heavy atom. The van der Waals surface area contributed by atoms with Crippen LogP contribution >= 0.6 is 23.2 Å². The van der Waals surface area contributed by atoms with Gasteiger partial charge in [-0.1, -0.05) is 23.2 Å². The Labute approximate surface area is 111 Å². The van der Waals surface area contributed by atoms with Gasteiger partial charge in [0.1, 0.15) is 5.15 Å². The van der Waals surface area contributed by atoms with Crippen LogP contribution in [0.15, 0.2) is 12.3 Å². The lowest BCUT2D eigenvalue weighted by Crippen LogP contribution is -2.46. The van der Waals surface area contributed by atoms with Gasteiger partial charge in [-0.3, -0.25) is 0 Å². The molecule has 2 unspecified atom stereocenters. The van der Waals surface area contributed by atoms with Gasteiger partial charge in [-0.15, -0.1) is 0 Å². The Hall–Kier alpha value is -0.510. The second-order valence-electron chi connectivity index (χ2n) is 4.81. The monoisotopic (exact) mass is 271 g/mol. The zero-order valence-electron chi connectivity index (χ0n) is 9.50. The first kappa shape index (κ1) is 11.6. The van der Waals surface area contributed by atoms with Crippen molar-refractivity contribution >= 4 is 28.9 Å². The number of nitrogens with one attached hydrogen (secondary N) is 1. The molecule has 3 heterocycles. The molecule has 0 radical (unpaired) electrons. The van der Waals surface area contributed by atoms with Crippen LogP contribution in [0.5, 0.6) is 0 Å². The van der Waals surface area contributed by atoms with Crippen LogP contribution in [0.3, 0.4) is 0 Å². The molecule has 0 saturated carbocycles. The summed E-state index contributed by atoms with van der Waals surface area (Å²) in [7, 11) is 0. The maximum atomic E-state index is 6.01. The van der Waals surface area contributed by atoms with Gasteiger partial charge in [0.15, 0.2) is 0 Å². The molecule has 2 fully saturated rings. The van der Waals surface area contributed by atoms with E-state index in [1.165, 1.54) is 12.8 Å². The molecule has 5 heteroatoms. The standard InChI is InChI=1S/C12H15Cl2N3/c13-10-5-9(6-16-12(10)14)17-4-2-8-1-3-15-11(8)7-17/h5-6,8,11,15H,1-4,7H2. The summed E-state index contributed by atoms with van der Waals surface area (Å²) in [5.41, 5.74) is 1.08. The van der Waals surface area contributed by atoms with E-state index < -0.39 is 0 Å². The fourth-order valence-electron chi connectivity index (χ4n) is 2.85. The molecule has 0 aliphatic carbocycles. The third kappa shape index (κ3) is 2.24. The summed E-state index contributed by atoms with van der Waals surface area (Å²) in [6, 6.07) is 2.53. The summed E-state index contributed by atoms with van der Waals surface area (Å²) in [5, 5.41) is 4.48. The smallest absolute Gasteiger partial charge is 0.147 e. The third-order valence-electron chi connectivity index (χ3n) is 3.82. The summed E-state index contributed by atoms with van der Waals surface area (Å²) in [6.07, 6.45) is 4.37. The van der Waals surface area contributed by atoms with Gasteiger partial charge in [-0.25, -0.2) is 4.98 Å². The molecule has 0 bridgehead atoms. The normalized spacial score (nSPS) is 28.2. The highest BCUT2D eigenvalue weighted by Crippen LogP contribution is 2.30. The van der Waals surface area contributed by atoms with Crippen molar-refractivity contribution < 1.29 is 0 Å². The molecule has 2 atom stereocenters. The molecule has 17 heavy (non-hydrogen) atoms. The Morgan fingerprint density at radius 3 is 3.06 bits per heavy atom. The second-order valence-corrected chi connectivity index (χ2v) is 5.58. The van der Waals surface area contributed by atoms with E-state index in [1.807, 2.05) is 12.3 Å². The molecule has 0 spiro atoms. The number of piperidine rings is 1. The number of fused-ring (bicyclic) bond motifs is 1. The first-order valence-corrected chi connectivity index (χ1v) is 6.79. The molecular weight excluding hydrogens is 257 g/mol. The van der Waals surface area contributed by atoms with E-state index in [4.69, 9.17) is 23.2 Å². The SMILES string of the molecule is Clc1cc(N2CCC3CCNC3C2)cnc1Cl. The number of aromatic nitrogens is 1. The molecule has 2 aliphatic rings. The van der Waals surface area contributed by atoms with Gasteiger partial charge in [0.2, 0.25) is 0 Å². The summed E-state index contributed by atoms with van der Waals surface area (Å²) >= 11 is 11.8. The van der Waals surface area contributed by atoms with Gasteiger partial charge in [-0.2, -0.15) is 0 Å². The lowest BCUT2D eigenvalue weighted by Gasteiger charge is -2.36. The summed E-state index contributed by atoms with van der Waals surface area (Å²) in [5.74, 6) is 0.849. The first-order chi connectivity index (χ1) is 8.24. The zero-order chi connectivity index (χ0) is 11.8. The van der Waals surface area contributed by atoms with E-state index in [-0.39, 0.29) is 0 Å². The van der Waals surface area contributed by atoms with E-state index in [2.05, 4.69) is 15.2 Å². The molecule has 1 aromatic heterocycles. The molecule has 92 valence electrons. The number of hydrogen-bond acceptors (Lipinski definition) is 3. The van der Waals surface area contributed by atoms with Crippen molar-refractivity contribution in [3.05, 3.63) is 22.4 Å². The lowest BCUT2D eigenvalue weighted by molar-refractivity contribution is 0.373. The van der Waals surface area contributed by atoms with Crippen molar-refractivity contribution in [1.29, 1.82) is 0 Å². The Morgan fingerprint density at radius 2 is 2.24 bits per heavy atom. The van der Waals surface area contributed by atoms with Gasteiger partial charge < -0.3 is 10.2 Å². The molecule has 3 nitrogen and oxygen atoms in total. The van der Waals surface area contributed by atoms with Gasteiger partial charge >= 0.3 is 0 Å². The van der Waals surface area contributed by atoms with Crippen molar-refractivity contribution in [2.75, 3.05) is 24.5 Å². The number of nitrogens with zero attached hydrogens (tertiary/aromatic N) is 2. The number of pyridine rings is 1. The molecule has 3 rings (SSSR count). The molecular formula is C12H15Cl2N3. The molecule has 0 aromatic carbocycles. The fraction of sp³-hybridized carbons (Fsp3) is 0.583. The number of anilines is 1. The molecule has 1 aromatic rings. The second kappa shape index (κ2) is 4.63. The highest BCUT2D eigenvalue weighted by Gasteiger charge is 2.32. The average Bonchev–Trinajstić information content (AvgIpc) is 2.79. The van der Waals surface area contributed by atoms with Crippen LogP contribution in [-0.4, -0.2) is 30.7 Å². The van der Waals surface area contributed by atoms with Gasteiger partial charge in [0, 0.05) is 19.1 Å². The van der Waals surface area contributed by atoms with Gasteiger partial charge in [0.25, 0.3) is 0 Å². The first-order valence-electron chi connectivity index (χ1n) is 6.03. The molecule has 2 aliphatic heterocycles. The maximum Gasteiger partial charge on any atom is 0.147 e. The maximum absolute atomic E-state index is 6.01. The summed E-state index contributed by atoms with van der Waals surface area (Å²) in [4.78, 5) is 6.45. The van der Waals surface area contributed by atoms with E-state index in [9.17, 15) is 0 Å². The lowest BCUT2D eigenvalue weighted by atomic mass is 9.92. The third-order valence-corrected chi connectivity index (χ3v) is 4.51. The van der Waals surface area contributed by atoms with Crippen molar-refractivity contribution in [3.63, 3.8) is 0 Å². The minimum absolute atomic E-state index is 0.379. The van der Waals surface area contributed by atoms with Crippen molar-refractivity contribution in [1.82, 2.24) is 10.3 Å². The number of rotatable bonds is 1. The predicted molar refractivity (Wildman–Crippen MR) is 71.0 cm³/mol. The van der Waals surface area contributed by atoms with Crippen LogP contribution in [0.25, 0.3) is 0 Å². The van der Waals surface area contributed by atoms with Crippen LogP contribution in [-0.2, 0) is 0 Å². The van der Waals surface area contributed by atoms with Crippen LogP contribution in [0.4, 0.5) is 5.69 Å². The van der Waals surface area contributed by atoms with E-state index in [1.54, 1.807) is 0 Å². The fourth-order valence-corrected chi connectivity index (χ4v) is 3.11. The topological polar surface area (TPSA) is 28.2 Å². The highest BCUT2D eigenvalue weighted by atomic mass is 35.5. The molecule has 1 N–H and O–H groups in total. The van der Waals surface area contributed by atoms with Crippen molar-refractivity contribution in [2.45, 2.75) is 18.9 Å². The van der Waals surface area contributed by atoms with E-state index in [0.29, 0.717) is 16.2 Å². The minimum Gasteiger partial charge on any atom is -0.369 e. The highest BCUT2D eigenvalue weighted by molar-refractivity contribution is 6.41. The van der Waals surface area contributed by atoms with Crippen LogP contribution in [0.2, 0.25) is 10.2 Å². The van der Waals surface area contributed by atoms with E-state index in [0.717, 1.165) is 31.2 Å². The van der Waals surface area contributed by atoms with Gasteiger partial charge in [-0.05, 0) is 31.4 Å². The predicted octanol–water partition coefficient (Wildman–Crippen LogP) is 2.58. The summed E-state index contributed by atoms with van der Waals surface area (Å²) < 4.78 is 0. The van der Waals surface area contributed by atoms with Crippen LogP contribution in [0.1, 0.15) is 12.8 Å². The van der Waals surface area contributed by atoms with Crippen molar-refractivity contribution in [3.8, 4) is 0 Å². The quantitative estimate of drug-likeness (QED) is 0.796. The Bertz CT molecular complexity index is 424. The van der Waals surface area contributed by atoms with Gasteiger partial charge in [0.05, 0.1) is 16.9 Å². The number of halogens is 2. The minimum atomic E-state index is 0.379. The van der Waals surface area contributed by atoms with Crippen LogP contribution < -0.4 is 10.2 Å². The zero-order valence-corrected chi connectivity index (χ0v) is 11.0. The average molecular weight is 272 g/mol. The van der Waals surface area contributed by atoms with Crippen molar-refractivity contribution in [2.24, 2.45) is 5.92 Å². The Kier molecular flexibility index (Phi) is 3.16. The van der Waals surface area contributed by atoms with Crippen LogP contribution in [0, 0.1) is 5.92 Å².